The Morgan fingerprint density at radius 3 is 2.28 bits per heavy atom. The fraction of sp³-hybridized carbons (Fsp3) is 0.500. The lowest BCUT2D eigenvalue weighted by Gasteiger charge is -2.13. The first kappa shape index (κ1) is 25.4. The molecule has 1 N–H and O–H groups in total. The zero-order chi connectivity index (χ0) is 24.2. The molecule has 32 heavy (non-hydrogen) atoms. The van der Waals surface area contributed by atoms with Crippen LogP contribution in [0.25, 0.3) is 0 Å². The first-order valence-electron chi connectivity index (χ1n) is 9.80. The monoisotopic (exact) mass is 475 g/mol. The Hall–Kier alpha value is -2.89. The maximum absolute atomic E-state index is 12.9. The van der Waals surface area contributed by atoms with Gasteiger partial charge in [-0.3, -0.25) is 9.48 Å². The number of aryl methyl sites for hydroxylation is 1. The molecular weight excluding hydrogens is 451 g/mol. The van der Waals surface area contributed by atoms with E-state index in [0.29, 0.717) is 5.56 Å². The number of hydrogen-bond donors (Lipinski definition) is 1. The largest absolute Gasteiger partial charge is 0.462 e. The Morgan fingerprint density at radius 1 is 1.16 bits per heavy atom. The van der Waals surface area contributed by atoms with E-state index in [1.165, 1.54) is 13.8 Å². The number of esters is 2. The highest BCUT2D eigenvalue weighted by molar-refractivity contribution is 7.18. The lowest BCUT2D eigenvalue weighted by molar-refractivity contribution is -0.141. The lowest BCUT2D eigenvalue weighted by Crippen LogP contribution is -2.26. The zero-order valence-electron chi connectivity index (χ0n) is 18.3. The summed E-state index contributed by atoms with van der Waals surface area (Å²) in [6.45, 7) is 7.88. The van der Waals surface area contributed by atoms with Crippen LogP contribution in [0.4, 0.5) is 18.2 Å². The number of alkyl halides is 3. The van der Waals surface area contributed by atoms with Gasteiger partial charge in [0, 0.05) is 5.69 Å². The summed E-state index contributed by atoms with van der Waals surface area (Å²) in [5.41, 5.74) is -0.441. The van der Waals surface area contributed by atoms with Crippen LogP contribution < -0.4 is 5.32 Å². The van der Waals surface area contributed by atoms with Gasteiger partial charge in [0.2, 0.25) is 5.91 Å². The summed E-state index contributed by atoms with van der Waals surface area (Å²) in [5, 5.41) is 6.22. The number of ether oxygens (including phenoxy) is 2. The molecule has 8 nitrogen and oxygen atoms in total. The Kier molecular flexibility index (Phi) is 8.05. The van der Waals surface area contributed by atoms with E-state index in [1.807, 2.05) is 0 Å². The molecule has 0 spiro atoms. The summed E-state index contributed by atoms with van der Waals surface area (Å²) in [4.78, 5) is 37.5. The van der Waals surface area contributed by atoms with Gasteiger partial charge in [-0.25, -0.2) is 9.59 Å². The number of thiophene rings is 1. The van der Waals surface area contributed by atoms with Gasteiger partial charge in [0.25, 0.3) is 0 Å². The average Bonchev–Trinajstić information content (AvgIpc) is 3.22. The van der Waals surface area contributed by atoms with Crippen molar-refractivity contribution in [3.63, 3.8) is 0 Å². The van der Waals surface area contributed by atoms with Crippen molar-refractivity contribution in [1.29, 1.82) is 0 Å². The molecule has 0 fully saturated rings. The Balaban J connectivity index is 2.27. The average molecular weight is 475 g/mol. The van der Waals surface area contributed by atoms with E-state index in [-0.39, 0.29) is 40.9 Å². The maximum Gasteiger partial charge on any atom is 0.435 e. The van der Waals surface area contributed by atoms with Gasteiger partial charge in [0.1, 0.15) is 9.88 Å². The second kappa shape index (κ2) is 10.2. The predicted molar refractivity (Wildman–Crippen MR) is 111 cm³/mol. The van der Waals surface area contributed by atoms with Crippen LogP contribution in [-0.4, -0.2) is 40.8 Å². The normalized spacial score (nSPS) is 12.4. The van der Waals surface area contributed by atoms with E-state index in [4.69, 9.17) is 9.47 Å². The molecule has 1 unspecified atom stereocenters. The zero-order valence-corrected chi connectivity index (χ0v) is 19.1. The number of aromatic nitrogens is 2. The Labute approximate surface area is 186 Å². The van der Waals surface area contributed by atoms with Crippen molar-refractivity contribution < 1.29 is 37.0 Å². The van der Waals surface area contributed by atoms with Gasteiger partial charge in [-0.05, 0) is 39.3 Å². The Bertz CT molecular complexity index is 1010. The molecule has 0 saturated heterocycles. The molecule has 0 radical (unpaired) electrons. The van der Waals surface area contributed by atoms with E-state index in [2.05, 4.69) is 10.4 Å². The van der Waals surface area contributed by atoms with Crippen molar-refractivity contribution in [3.8, 4) is 0 Å². The number of carbonyl (C=O) groups excluding carboxylic acids is 3. The molecule has 0 aromatic carbocycles. The summed E-state index contributed by atoms with van der Waals surface area (Å²) in [6.07, 6.45) is -4.59. The third-order valence-electron chi connectivity index (χ3n) is 4.49. The molecule has 2 rings (SSSR count). The summed E-state index contributed by atoms with van der Waals surface area (Å²) in [6, 6.07) is 0.901. The molecular formula is C20H24F3N3O5S. The Morgan fingerprint density at radius 2 is 1.75 bits per heavy atom. The SMILES string of the molecule is CCOC(=O)c1sc(NC(=O)C(C)Cn2nc(C(F)(F)F)cc2C)c(C(=O)OCC)c1C. The van der Waals surface area contributed by atoms with Crippen molar-refractivity contribution in [2.45, 2.75) is 47.3 Å². The van der Waals surface area contributed by atoms with Crippen LogP contribution in [0.1, 0.15) is 57.8 Å². The first-order valence-corrected chi connectivity index (χ1v) is 10.6. The van der Waals surface area contributed by atoms with Gasteiger partial charge >= 0.3 is 18.1 Å². The summed E-state index contributed by atoms with van der Waals surface area (Å²) in [5.74, 6) is -2.70. The van der Waals surface area contributed by atoms with Crippen LogP contribution in [0.15, 0.2) is 6.07 Å². The fourth-order valence-corrected chi connectivity index (χ4v) is 3.94. The van der Waals surface area contributed by atoms with Crippen molar-refractivity contribution in [1.82, 2.24) is 9.78 Å². The van der Waals surface area contributed by atoms with Gasteiger partial charge in [0.05, 0.1) is 31.2 Å². The van der Waals surface area contributed by atoms with Crippen molar-refractivity contribution >= 4 is 34.2 Å². The number of rotatable bonds is 8. The van der Waals surface area contributed by atoms with Gasteiger partial charge < -0.3 is 14.8 Å². The molecule has 0 saturated carbocycles. The maximum atomic E-state index is 12.9. The van der Waals surface area contributed by atoms with Crippen LogP contribution in [0.3, 0.4) is 0 Å². The molecule has 12 heteroatoms. The van der Waals surface area contributed by atoms with Crippen LogP contribution in [0.5, 0.6) is 0 Å². The van der Waals surface area contributed by atoms with Gasteiger partial charge in [-0.1, -0.05) is 6.92 Å². The molecule has 1 atom stereocenters. The van der Waals surface area contributed by atoms with E-state index in [0.717, 1.165) is 22.1 Å². The number of amides is 1. The number of nitrogens with zero attached hydrogens (tertiary/aromatic N) is 2. The van der Waals surface area contributed by atoms with E-state index in [9.17, 15) is 27.6 Å². The van der Waals surface area contributed by atoms with Crippen molar-refractivity contribution in [2.24, 2.45) is 5.92 Å². The van der Waals surface area contributed by atoms with Crippen molar-refractivity contribution in [2.75, 3.05) is 18.5 Å². The topological polar surface area (TPSA) is 99.5 Å². The summed E-state index contributed by atoms with van der Waals surface area (Å²) >= 11 is 0.873. The number of carbonyl (C=O) groups is 3. The number of hydrogen-bond acceptors (Lipinski definition) is 7. The molecule has 1 amide bonds. The number of anilines is 1. The quantitative estimate of drug-likeness (QED) is 0.575. The second-order valence-electron chi connectivity index (χ2n) is 6.94. The number of halogens is 3. The van der Waals surface area contributed by atoms with Crippen LogP contribution >= 0.6 is 11.3 Å². The summed E-state index contributed by atoms with van der Waals surface area (Å²) in [7, 11) is 0. The molecule has 2 heterocycles. The van der Waals surface area contributed by atoms with Gasteiger partial charge in [-0.15, -0.1) is 11.3 Å². The third kappa shape index (κ3) is 5.67. The molecule has 0 aliphatic heterocycles. The molecule has 0 aliphatic rings. The lowest BCUT2D eigenvalue weighted by atomic mass is 10.1. The minimum absolute atomic E-state index is 0.0371. The highest BCUT2D eigenvalue weighted by Crippen LogP contribution is 2.35. The fourth-order valence-electron chi connectivity index (χ4n) is 2.85. The highest BCUT2D eigenvalue weighted by atomic mass is 32.1. The molecule has 0 aliphatic carbocycles. The summed E-state index contributed by atoms with van der Waals surface area (Å²) < 4.78 is 49.7. The minimum atomic E-state index is -4.59. The number of nitrogens with one attached hydrogen (secondary N) is 1. The van der Waals surface area contributed by atoms with E-state index >= 15 is 0 Å². The minimum Gasteiger partial charge on any atom is -0.462 e. The van der Waals surface area contributed by atoms with Crippen molar-refractivity contribution in [3.05, 3.63) is 33.5 Å². The smallest absolute Gasteiger partial charge is 0.435 e. The van der Waals surface area contributed by atoms with E-state index in [1.54, 1.807) is 20.8 Å². The van der Waals surface area contributed by atoms with Crippen LogP contribution in [-0.2, 0) is 27.0 Å². The highest BCUT2D eigenvalue weighted by Gasteiger charge is 2.35. The molecule has 0 bridgehead atoms. The van der Waals surface area contributed by atoms with Crippen LogP contribution in [0, 0.1) is 19.8 Å². The third-order valence-corrected chi connectivity index (χ3v) is 5.68. The van der Waals surface area contributed by atoms with Gasteiger partial charge in [0.15, 0.2) is 5.69 Å². The van der Waals surface area contributed by atoms with Crippen LogP contribution in [0.2, 0.25) is 0 Å². The predicted octanol–water partition coefficient (Wildman–Crippen LogP) is 4.21. The van der Waals surface area contributed by atoms with Gasteiger partial charge in [-0.2, -0.15) is 18.3 Å². The second-order valence-corrected chi connectivity index (χ2v) is 7.96. The molecule has 2 aromatic rings. The molecule has 2 aromatic heterocycles. The standard InChI is InChI=1S/C20H24F3N3O5S/c1-6-30-18(28)14-12(5)15(19(29)31-7-2)32-17(14)24-16(27)10(3)9-26-11(4)8-13(25-26)20(21,22)23/h8,10H,6-7,9H2,1-5H3,(H,24,27). The first-order chi connectivity index (χ1) is 14.9. The van der Waals surface area contributed by atoms with E-state index < -0.39 is 35.6 Å². The molecule has 176 valence electrons.